The maximum absolute atomic E-state index is 11.9. The van der Waals surface area contributed by atoms with Crippen molar-refractivity contribution >= 4 is 23.4 Å². The van der Waals surface area contributed by atoms with E-state index < -0.39 is 11.8 Å². The van der Waals surface area contributed by atoms with E-state index >= 15 is 0 Å². The Morgan fingerprint density at radius 2 is 1.86 bits per heavy atom. The van der Waals surface area contributed by atoms with Gasteiger partial charge < -0.3 is 10.6 Å². The summed E-state index contributed by atoms with van der Waals surface area (Å²) in [5.41, 5.74) is 1.50. The van der Waals surface area contributed by atoms with Crippen molar-refractivity contribution in [2.75, 3.05) is 18.4 Å². The minimum Gasteiger partial charge on any atom is -0.318 e. The van der Waals surface area contributed by atoms with Crippen LogP contribution in [0.4, 0.5) is 5.69 Å². The summed E-state index contributed by atoms with van der Waals surface area (Å²) in [6.07, 6.45) is 1.36. The molecule has 112 valence electrons. The zero-order valence-corrected chi connectivity index (χ0v) is 11.9. The fourth-order valence-corrected chi connectivity index (χ4v) is 2.27. The summed E-state index contributed by atoms with van der Waals surface area (Å²) >= 11 is 0. The number of piperidine rings is 1. The molecule has 21 heavy (non-hydrogen) atoms. The van der Waals surface area contributed by atoms with Crippen LogP contribution in [-0.2, 0) is 14.4 Å². The summed E-state index contributed by atoms with van der Waals surface area (Å²) in [5, 5.41) is 7.78. The molecule has 3 N–H and O–H groups in total. The van der Waals surface area contributed by atoms with Gasteiger partial charge in [-0.15, -0.1) is 0 Å². The fraction of sp³-hybridized carbons (Fsp3) is 0.400. The lowest BCUT2D eigenvalue weighted by molar-refractivity contribution is -0.141. The molecular weight excluding hydrogens is 270 g/mol. The van der Waals surface area contributed by atoms with Gasteiger partial charge in [0.25, 0.3) is 0 Å². The third-order valence-electron chi connectivity index (χ3n) is 3.43. The second-order valence-electron chi connectivity index (χ2n) is 5.17. The van der Waals surface area contributed by atoms with Gasteiger partial charge in [-0.3, -0.25) is 19.7 Å². The van der Waals surface area contributed by atoms with Crippen LogP contribution in [-0.4, -0.2) is 30.8 Å². The number of carbonyl (C=O) groups excluding carboxylic acids is 3. The fourth-order valence-electron chi connectivity index (χ4n) is 2.27. The maximum atomic E-state index is 11.9. The van der Waals surface area contributed by atoms with Crippen LogP contribution in [0.2, 0.25) is 0 Å². The first-order valence-electron chi connectivity index (χ1n) is 7.00. The van der Waals surface area contributed by atoms with E-state index in [1.165, 1.54) is 0 Å². The largest absolute Gasteiger partial charge is 0.318 e. The van der Waals surface area contributed by atoms with Gasteiger partial charge in [-0.05, 0) is 50.6 Å². The Morgan fingerprint density at radius 3 is 2.52 bits per heavy atom. The summed E-state index contributed by atoms with van der Waals surface area (Å²) in [6.45, 7) is 3.39. The van der Waals surface area contributed by atoms with E-state index in [4.69, 9.17) is 0 Å². The van der Waals surface area contributed by atoms with Crippen molar-refractivity contribution in [2.45, 2.75) is 19.8 Å². The molecule has 2 rings (SSSR count). The smallest absolute Gasteiger partial charge is 0.316 e. The number of nitrogens with one attached hydrogen (secondary N) is 3. The molecule has 0 unspecified atom stereocenters. The van der Waals surface area contributed by atoms with Crippen molar-refractivity contribution < 1.29 is 14.4 Å². The molecule has 0 saturated carbocycles. The molecule has 0 bridgehead atoms. The Bertz CT molecular complexity index is 551. The van der Waals surface area contributed by atoms with Gasteiger partial charge in [0.2, 0.25) is 5.91 Å². The van der Waals surface area contributed by atoms with Crippen LogP contribution in [0.15, 0.2) is 24.3 Å². The summed E-state index contributed by atoms with van der Waals surface area (Å²) < 4.78 is 0. The van der Waals surface area contributed by atoms with Crippen LogP contribution < -0.4 is 16.0 Å². The van der Waals surface area contributed by atoms with E-state index in [0.29, 0.717) is 18.5 Å². The highest BCUT2D eigenvalue weighted by molar-refractivity contribution is 6.41. The molecule has 1 aromatic rings. The molecule has 0 aromatic heterocycles. The van der Waals surface area contributed by atoms with E-state index in [9.17, 15) is 14.4 Å². The second-order valence-corrected chi connectivity index (χ2v) is 5.17. The number of carbonyl (C=O) groups is 3. The van der Waals surface area contributed by atoms with Crippen molar-refractivity contribution in [3.05, 3.63) is 29.8 Å². The van der Waals surface area contributed by atoms with Crippen LogP contribution in [0.5, 0.6) is 0 Å². The number of hydrogen-bond acceptors (Lipinski definition) is 4. The molecule has 3 amide bonds. The van der Waals surface area contributed by atoms with Gasteiger partial charge in [-0.25, -0.2) is 0 Å². The van der Waals surface area contributed by atoms with E-state index in [2.05, 4.69) is 16.0 Å². The van der Waals surface area contributed by atoms with Gasteiger partial charge in [0, 0.05) is 11.6 Å². The molecule has 1 heterocycles. The van der Waals surface area contributed by atoms with Gasteiger partial charge in [0.05, 0.1) is 0 Å². The van der Waals surface area contributed by atoms with Crippen molar-refractivity contribution in [2.24, 2.45) is 5.92 Å². The zero-order valence-electron chi connectivity index (χ0n) is 11.9. The number of imide groups is 1. The minimum atomic E-state index is -0.917. The van der Waals surface area contributed by atoms with Gasteiger partial charge in [-0.1, -0.05) is 12.1 Å². The van der Waals surface area contributed by atoms with Gasteiger partial charge in [0.15, 0.2) is 0 Å². The van der Waals surface area contributed by atoms with Crippen molar-refractivity contribution in [3.8, 4) is 0 Å². The molecule has 0 aliphatic carbocycles. The summed E-state index contributed by atoms with van der Waals surface area (Å²) in [5.74, 6) is -2.33. The first-order valence-corrected chi connectivity index (χ1v) is 7.00. The Hall–Kier alpha value is -2.21. The van der Waals surface area contributed by atoms with Gasteiger partial charge in [-0.2, -0.15) is 0 Å². The number of anilines is 1. The predicted octanol–water partition coefficient (Wildman–Crippen LogP) is 0.576. The maximum Gasteiger partial charge on any atom is 0.316 e. The molecule has 6 heteroatoms. The third kappa shape index (κ3) is 4.39. The Labute approximate surface area is 123 Å². The number of rotatable bonds is 2. The average molecular weight is 289 g/mol. The Kier molecular flexibility index (Phi) is 5.05. The predicted molar refractivity (Wildman–Crippen MR) is 78.6 cm³/mol. The van der Waals surface area contributed by atoms with E-state index in [1.807, 2.05) is 13.0 Å². The molecule has 1 saturated heterocycles. The zero-order chi connectivity index (χ0) is 15.2. The highest BCUT2D eigenvalue weighted by atomic mass is 16.2. The molecule has 0 radical (unpaired) electrons. The van der Waals surface area contributed by atoms with Crippen LogP contribution in [0, 0.1) is 12.8 Å². The highest BCUT2D eigenvalue weighted by Crippen LogP contribution is 2.12. The molecule has 0 atom stereocenters. The second kappa shape index (κ2) is 6.99. The molecular formula is C15H19N3O3. The van der Waals surface area contributed by atoms with Crippen LogP contribution in [0.3, 0.4) is 0 Å². The summed E-state index contributed by atoms with van der Waals surface area (Å²) in [6, 6.07) is 7.10. The quantitative estimate of drug-likeness (QED) is 0.695. The van der Waals surface area contributed by atoms with E-state index in [0.717, 1.165) is 18.7 Å². The standard InChI is InChI=1S/C15H19N3O3/c1-10-3-2-4-12(9-10)17-14(20)15(21)18-13(19)11-5-7-16-8-6-11/h2-4,9,11,16H,5-8H2,1H3,(H,17,20)(H,18,19,21). The molecule has 1 fully saturated rings. The van der Waals surface area contributed by atoms with E-state index in [1.54, 1.807) is 18.2 Å². The molecule has 1 aliphatic rings. The van der Waals surface area contributed by atoms with Crippen molar-refractivity contribution in [1.82, 2.24) is 10.6 Å². The lowest BCUT2D eigenvalue weighted by Crippen LogP contribution is -2.44. The normalized spacial score (nSPS) is 15.3. The number of aryl methyl sites for hydroxylation is 1. The SMILES string of the molecule is Cc1cccc(NC(=O)C(=O)NC(=O)C2CCNCC2)c1. The van der Waals surface area contributed by atoms with Crippen molar-refractivity contribution in [1.29, 1.82) is 0 Å². The number of benzene rings is 1. The molecule has 1 aromatic carbocycles. The molecule has 0 spiro atoms. The highest BCUT2D eigenvalue weighted by Gasteiger charge is 2.24. The minimum absolute atomic E-state index is 0.207. The number of amides is 3. The Morgan fingerprint density at radius 1 is 1.14 bits per heavy atom. The molecule has 1 aliphatic heterocycles. The summed E-state index contributed by atoms with van der Waals surface area (Å²) in [7, 11) is 0. The first-order chi connectivity index (χ1) is 10.1. The van der Waals surface area contributed by atoms with Crippen LogP contribution in [0.1, 0.15) is 18.4 Å². The van der Waals surface area contributed by atoms with Crippen LogP contribution in [0.25, 0.3) is 0 Å². The number of hydrogen-bond donors (Lipinski definition) is 3. The monoisotopic (exact) mass is 289 g/mol. The average Bonchev–Trinajstić information content (AvgIpc) is 2.48. The van der Waals surface area contributed by atoms with E-state index in [-0.39, 0.29) is 11.8 Å². The first kappa shape index (κ1) is 15.2. The topological polar surface area (TPSA) is 87.3 Å². The summed E-state index contributed by atoms with van der Waals surface area (Å²) in [4.78, 5) is 35.4. The Balaban J connectivity index is 1.87. The van der Waals surface area contributed by atoms with Crippen molar-refractivity contribution in [3.63, 3.8) is 0 Å². The lowest BCUT2D eigenvalue weighted by atomic mass is 9.97. The third-order valence-corrected chi connectivity index (χ3v) is 3.43. The van der Waals surface area contributed by atoms with Crippen LogP contribution >= 0.6 is 0 Å². The lowest BCUT2D eigenvalue weighted by Gasteiger charge is -2.21. The van der Waals surface area contributed by atoms with Gasteiger partial charge >= 0.3 is 11.8 Å². The molecule has 6 nitrogen and oxygen atoms in total. The van der Waals surface area contributed by atoms with Gasteiger partial charge in [0.1, 0.15) is 0 Å².